The lowest BCUT2D eigenvalue weighted by Gasteiger charge is -2.18. The number of aromatic carboxylic acids is 1. The highest BCUT2D eigenvalue weighted by Gasteiger charge is 2.32. The molecule has 2 rings (SSSR count). The van der Waals surface area contributed by atoms with E-state index < -0.39 is 23.3 Å². The zero-order valence-electron chi connectivity index (χ0n) is 16.3. The third kappa shape index (κ3) is 5.86. The molecule has 0 aliphatic rings. The molecule has 0 radical (unpaired) electrons. The van der Waals surface area contributed by atoms with Crippen molar-refractivity contribution in [3.05, 3.63) is 62.5 Å². The van der Waals surface area contributed by atoms with Crippen LogP contribution >= 0.6 is 23.1 Å². The molecule has 2 aromatic heterocycles. The van der Waals surface area contributed by atoms with Crippen LogP contribution in [0.25, 0.3) is 4.91 Å². The maximum atomic E-state index is 12.9. The van der Waals surface area contributed by atoms with Crippen LogP contribution in [0.2, 0.25) is 0 Å². The smallest absolute Gasteiger partial charge is 0.417 e. The Kier molecular flexibility index (Phi) is 7.54. The van der Waals surface area contributed by atoms with E-state index in [0.29, 0.717) is 17.3 Å². The van der Waals surface area contributed by atoms with Gasteiger partial charge in [-0.05, 0) is 48.2 Å². The number of hydrogen-bond acceptors (Lipinski definition) is 5. The molecule has 0 saturated heterocycles. The molecule has 2 aromatic rings. The first-order valence-corrected chi connectivity index (χ1v) is 10.5. The van der Waals surface area contributed by atoms with Crippen molar-refractivity contribution >= 4 is 39.8 Å². The summed E-state index contributed by atoms with van der Waals surface area (Å²) in [5.74, 6) is -1.34. The van der Waals surface area contributed by atoms with E-state index in [4.69, 9.17) is 0 Å². The van der Waals surface area contributed by atoms with Crippen LogP contribution in [0.4, 0.5) is 19.0 Å². The molecular weight excluding hydrogens is 421 g/mol. The zero-order chi connectivity index (χ0) is 21.8. The molecule has 0 aliphatic heterocycles. The first kappa shape index (κ1) is 23.0. The van der Waals surface area contributed by atoms with E-state index >= 15 is 0 Å². The molecule has 2 heterocycles. The predicted molar refractivity (Wildman–Crippen MR) is 113 cm³/mol. The van der Waals surface area contributed by atoms with Gasteiger partial charge in [-0.1, -0.05) is 37.3 Å². The number of halogens is 3. The Bertz CT molecular complexity index is 934. The highest BCUT2D eigenvalue weighted by Crippen LogP contribution is 2.40. The van der Waals surface area contributed by atoms with Crippen molar-refractivity contribution in [3.8, 4) is 0 Å². The van der Waals surface area contributed by atoms with Gasteiger partial charge in [0.1, 0.15) is 11.4 Å². The minimum absolute atomic E-state index is 0.141. The van der Waals surface area contributed by atoms with Gasteiger partial charge in [0, 0.05) is 11.1 Å². The summed E-state index contributed by atoms with van der Waals surface area (Å²) in [4.78, 5) is 16.2. The molecule has 0 fully saturated rings. The van der Waals surface area contributed by atoms with Gasteiger partial charge in [0.2, 0.25) is 0 Å². The van der Waals surface area contributed by atoms with E-state index in [0.717, 1.165) is 16.0 Å². The maximum Gasteiger partial charge on any atom is 0.417 e. The van der Waals surface area contributed by atoms with Crippen molar-refractivity contribution < 1.29 is 23.1 Å². The van der Waals surface area contributed by atoms with Crippen LogP contribution in [0.3, 0.4) is 0 Å². The van der Waals surface area contributed by atoms with Gasteiger partial charge in [-0.2, -0.15) is 24.5 Å². The van der Waals surface area contributed by atoms with Crippen molar-refractivity contribution in [2.24, 2.45) is 5.92 Å². The molecule has 0 aromatic carbocycles. The summed E-state index contributed by atoms with van der Waals surface area (Å²) in [7, 11) is 0. The predicted octanol–water partition coefficient (Wildman–Crippen LogP) is 6.95. The first-order chi connectivity index (χ1) is 13.5. The molecule has 0 saturated carbocycles. The molecule has 4 nitrogen and oxygen atoms in total. The van der Waals surface area contributed by atoms with Crippen LogP contribution in [0.5, 0.6) is 0 Å². The lowest BCUT2D eigenvalue weighted by molar-refractivity contribution is -0.137. The van der Waals surface area contributed by atoms with Crippen LogP contribution in [0, 0.1) is 5.92 Å². The van der Waals surface area contributed by atoms with E-state index in [-0.39, 0.29) is 11.7 Å². The van der Waals surface area contributed by atoms with Gasteiger partial charge in [-0.3, -0.25) is 0 Å². The van der Waals surface area contributed by atoms with Gasteiger partial charge in [-0.15, -0.1) is 0 Å². The van der Waals surface area contributed by atoms with Crippen LogP contribution in [0.1, 0.15) is 49.2 Å². The Morgan fingerprint density at radius 1 is 1.38 bits per heavy atom. The molecule has 0 spiro atoms. The normalized spacial score (nSPS) is 13.4. The van der Waals surface area contributed by atoms with Gasteiger partial charge >= 0.3 is 12.1 Å². The SMILES string of the molecule is C/C=C(/Nc1ncc(C(F)(F)F)cc1C(=O)O)S/C(=C(\C)C(C)C)c1ccsc1. The maximum absolute atomic E-state index is 12.9. The van der Waals surface area contributed by atoms with Gasteiger partial charge in [0.05, 0.1) is 10.6 Å². The fourth-order valence-corrected chi connectivity index (χ4v) is 4.14. The summed E-state index contributed by atoms with van der Waals surface area (Å²) in [5.41, 5.74) is 0.533. The fourth-order valence-electron chi connectivity index (χ4n) is 2.29. The number of rotatable bonds is 7. The molecule has 29 heavy (non-hydrogen) atoms. The Hall–Kier alpha value is -2.26. The number of thioether (sulfide) groups is 1. The molecule has 2 N–H and O–H groups in total. The molecule has 0 unspecified atom stereocenters. The summed E-state index contributed by atoms with van der Waals surface area (Å²) in [6.45, 7) is 7.93. The number of nitrogens with zero attached hydrogens (tertiary/aromatic N) is 1. The number of carbonyl (C=O) groups is 1. The third-order valence-electron chi connectivity index (χ3n) is 4.17. The van der Waals surface area contributed by atoms with Crippen LogP contribution < -0.4 is 5.32 Å². The van der Waals surface area contributed by atoms with Gasteiger partial charge < -0.3 is 10.4 Å². The molecule has 156 valence electrons. The zero-order valence-corrected chi connectivity index (χ0v) is 17.9. The van der Waals surface area contributed by atoms with E-state index in [9.17, 15) is 23.1 Å². The van der Waals surface area contributed by atoms with Gasteiger partial charge in [0.25, 0.3) is 0 Å². The summed E-state index contributed by atoms with van der Waals surface area (Å²) in [6.07, 6.45) is -2.31. The molecule has 0 bridgehead atoms. The van der Waals surface area contributed by atoms with Gasteiger partial charge in [-0.25, -0.2) is 9.78 Å². The second-order valence-corrected chi connectivity index (χ2v) is 8.31. The number of pyridine rings is 1. The number of alkyl halides is 3. The number of aromatic nitrogens is 1. The quantitative estimate of drug-likeness (QED) is 0.486. The van der Waals surface area contributed by atoms with Crippen molar-refractivity contribution in [3.63, 3.8) is 0 Å². The topological polar surface area (TPSA) is 62.2 Å². The summed E-state index contributed by atoms with van der Waals surface area (Å²) in [5, 5.41) is 16.8. The average Bonchev–Trinajstić information content (AvgIpc) is 3.17. The summed E-state index contributed by atoms with van der Waals surface area (Å²) in [6, 6.07) is 2.58. The molecule has 0 aliphatic carbocycles. The number of anilines is 1. The molecule has 0 amide bonds. The average molecular weight is 443 g/mol. The van der Waals surface area contributed by atoms with Crippen LogP contribution in [-0.2, 0) is 6.18 Å². The minimum atomic E-state index is -4.67. The second-order valence-electron chi connectivity index (χ2n) is 6.48. The third-order valence-corrected chi connectivity index (χ3v) is 6.17. The van der Waals surface area contributed by atoms with E-state index in [1.54, 1.807) is 24.3 Å². The number of allylic oxidation sites excluding steroid dienone is 2. The number of thiophene rings is 1. The largest absolute Gasteiger partial charge is 0.478 e. The van der Waals surface area contributed by atoms with Crippen LogP contribution in [-0.4, -0.2) is 16.1 Å². The van der Waals surface area contributed by atoms with Crippen molar-refractivity contribution in [2.75, 3.05) is 5.32 Å². The Morgan fingerprint density at radius 2 is 2.07 bits per heavy atom. The summed E-state index contributed by atoms with van der Waals surface area (Å²) >= 11 is 2.95. The van der Waals surface area contributed by atoms with E-state index in [2.05, 4.69) is 24.1 Å². The number of carboxylic acids is 1. The highest BCUT2D eigenvalue weighted by molar-refractivity contribution is 8.11. The molecule has 0 atom stereocenters. The van der Waals surface area contributed by atoms with E-state index in [1.165, 1.54) is 11.8 Å². The number of carboxylic acid groups (broad SMARTS) is 1. The second kappa shape index (κ2) is 9.49. The fraction of sp³-hybridized carbons (Fsp3) is 0.300. The monoisotopic (exact) mass is 442 g/mol. The lowest BCUT2D eigenvalue weighted by atomic mass is 10.0. The Morgan fingerprint density at radius 3 is 2.55 bits per heavy atom. The standard InChI is InChI=1S/C20H21F3N2O2S2/c1-5-16(29-17(12(4)11(2)3)13-6-7-28-10-13)25-18-15(19(26)27)8-14(9-24-18)20(21,22)23/h5-11H,1-4H3,(H,24,25)(H,26,27)/b16-5-,17-12+. The van der Waals surface area contributed by atoms with Crippen molar-refractivity contribution in [1.82, 2.24) is 4.98 Å². The minimum Gasteiger partial charge on any atom is -0.478 e. The molecular formula is C20H21F3N2O2S2. The lowest BCUT2D eigenvalue weighted by Crippen LogP contribution is -2.12. The van der Waals surface area contributed by atoms with Crippen LogP contribution in [0.15, 0.2) is 45.8 Å². The molecule has 9 heteroatoms. The number of hydrogen-bond donors (Lipinski definition) is 2. The summed E-state index contributed by atoms with van der Waals surface area (Å²) < 4.78 is 38.7. The first-order valence-electron chi connectivity index (χ1n) is 8.69. The Balaban J connectivity index is 2.39. The van der Waals surface area contributed by atoms with E-state index in [1.807, 2.05) is 23.8 Å². The van der Waals surface area contributed by atoms with Crippen molar-refractivity contribution in [2.45, 2.75) is 33.9 Å². The Labute approximate surface area is 175 Å². The number of nitrogens with one attached hydrogen (secondary N) is 1. The highest BCUT2D eigenvalue weighted by atomic mass is 32.2. The van der Waals surface area contributed by atoms with Gasteiger partial charge in [0.15, 0.2) is 0 Å². The van der Waals surface area contributed by atoms with Crippen molar-refractivity contribution in [1.29, 1.82) is 0 Å².